The molecule has 0 unspecified atom stereocenters. The standard InChI is InChI=1S/C15H18N4O2S/c1-3-8-16-15(21)19-13(20)9-22-14-10(2)17-11-6-4-5-7-12(11)18-14/h4-7H,3,8-9H2,1-2H3,(H2,16,19,20,21). The van der Waals surface area contributed by atoms with Crippen molar-refractivity contribution in [3.8, 4) is 0 Å². The molecule has 0 radical (unpaired) electrons. The number of nitrogens with zero attached hydrogens (tertiary/aromatic N) is 2. The van der Waals surface area contributed by atoms with E-state index in [0.717, 1.165) is 23.1 Å². The van der Waals surface area contributed by atoms with Crippen molar-refractivity contribution in [1.82, 2.24) is 20.6 Å². The Morgan fingerprint density at radius 3 is 2.55 bits per heavy atom. The number of aromatic nitrogens is 2. The number of carbonyl (C=O) groups is 2. The van der Waals surface area contributed by atoms with Gasteiger partial charge < -0.3 is 5.32 Å². The molecular formula is C15H18N4O2S. The fourth-order valence-electron chi connectivity index (χ4n) is 1.79. The minimum Gasteiger partial charge on any atom is -0.338 e. The van der Waals surface area contributed by atoms with Crippen LogP contribution in [0.15, 0.2) is 29.3 Å². The summed E-state index contributed by atoms with van der Waals surface area (Å²) in [4.78, 5) is 32.1. The Balaban J connectivity index is 1.95. The molecule has 0 spiro atoms. The molecule has 1 aromatic heterocycles. The molecular weight excluding hydrogens is 300 g/mol. The third-order valence-electron chi connectivity index (χ3n) is 2.83. The van der Waals surface area contributed by atoms with Crippen LogP contribution in [0.5, 0.6) is 0 Å². The molecule has 0 aliphatic heterocycles. The van der Waals surface area contributed by atoms with E-state index in [4.69, 9.17) is 0 Å². The summed E-state index contributed by atoms with van der Waals surface area (Å²) >= 11 is 1.27. The second kappa shape index (κ2) is 7.74. The lowest BCUT2D eigenvalue weighted by atomic mass is 10.3. The maximum atomic E-state index is 11.7. The van der Waals surface area contributed by atoms with E-state index in [2.05, 4.69) is 20.6 Å². The number of carbonyl (C=O) groups excluding carboxylic acids is 2. The molecule has 0 atom stereocenters. The highest BCUT2D eigenvalue weighted by atomic mass is 32.2. The highest BCUT2D eigenvalue weighted by molar-refractivity contribution is 7.99. The highest BCUT2D eigenvalue weighted by Gasteiger charge is 2.11. The Morgan fingerprint density at radius 1 is 1.18 bits per heavy atom. The van der Waals surface area contributed by atoms with Gasteiger partial charge in [-0.3, -0.25) is 10.1 Å². The zero-order valence-corrected chi connectivity index (χ0v) is 13.4. The molecule has 0 aliphatic rings. The zero-order valence-electron chi connectivity index (χ0n) is 12.5. The second-order valence-corrected chi connectivity index (χ2v) is 5.66. The molecule has 1 aromatic carbocycles. The number of nitrogens with one attached hydrogen (secondary N) is 2. The van der Waals surface area contributed by atoms with E-state index in [-0.39, 0.29) is 11.7 Å². The van der Waals surface area contributed by atoms with Crippen LogP contribution in [0.3, 0.4) is 0 Å². The van der Waals surface area contributed by atoms with Crippen molar-refractivity contribution in [3.05, 3.63) is 30.0 Å². The number of thioether (sulfide) groups is 1. The van der Waals surface area contributed by atoms with Crippen LogP contribution in [0.4, 0.5) is 4.79 Å². The Morgan fingerprint density at radius 2 is 1.86 bits per heavy atom. The predicted molar refractivity (Wildman–Crippen MR) is 86.8 cm³/mol. The molecule has 0 fully saturated rings. The smallest absolute Gasteiger partial charge is 0.321 e. The van der Waals surface area contributed by atoms with Gasteiger partial charge in [0.05, 0.1) is 22.5 Å². The molecule has 0 aliphatic carbocycles. The van der Waals surface area contributed by atoms with Crippen LogP contribution >= 0.6 is 11.8 Å². The fraction of sp³-hybridized carbons (Fsp3) is 0.333. The molecule has 2 aromatic rings. The van der Waals surface area contributed by atoms with E-state index in [1.807, 2.05) is 38.1 Å². The molecule has 2 rings (SSSR count). The van der Waals surface area contributed by atoms with Crippen LogP contribution in [-0.4, -0.2) is 34.2 Å². The van der Waals surface area contributed by atoms with Gasteiger partial charge in [-0.2, -0.15) is 0 Å². The average Bonchev–Trinajstić information content (AvgIpc) is 2.50. The normalized spacial score (nSPS) is 10.5. The summed E-state index contributed by atoms with van der Waals surface area (Å²) in [6, 6.07) is 7.12. The van der Waals surface area contributed by atoms with E-state index in [1.54, 1.807) is 0 Å². The van der Waals surface area contributed by atoms with Gasteiger partial charge in [-0.05, 0) is 25.5 Å². The molecule has 6 nitrogen and oxygen atoms in total. The Labute approximate surface area is 133 Å². The third-order valence-corrected chi connectivity index (χ3v) is 3.90. The van der Waals surface area contributed by atoms with Crippen molar-refractivity contribution < 1.29 is 9.59 Å². The summed E-state index contributed by atoms with van der Waals surface area (Å²) < 4.78 is 0. The molecule has 1 heterocycles. The lowest BCUT2D eigenvalue weighted by Crippen LogP contribution is -2.40. The zero-order chi connectivity index (χ0) is 15.9. The lowest BCUT2D eigenvalue weighted by Gasteiger charge is -2.07. The van der Waals surface area contributed by atoms with E-state index in [9.17, 15) is 9.59 Å². The average molecular weight is 318 g/mol. The van der Waals surface area contributed by atoms with E-state index >= 15 is 0 Å². The minimum absolute atomic E-state index is 0.118. The van der Waals surface area contributed by atoms with E-state index < -0.39 is 6.03 Å². The molecule has 116 valence electrons. The van der Waals surface area contributed by atoms with Crippen LogP contribution in [0.25, 0.3) is 11.0 Å². The molecule has 3 amide bonds. The van der Waals surface area contributed by atoms with Gasteiger partial charge in [-0.15, -0.1) is 0 Å². The first kappa shape index (κ1) is 16.2. The quantitative estimate of drug-likeness (QED) is 0.826. The number of para-hydroxylation sites is 2. The Bertz CT molecular complexity index is 690. The SMILES string of the molecule is CCCNC(=O)NC(=O)CSc1nc2ccccc2nc1C. The van der Waals surface area contributed by atoms with Crippen LogP contribution < -0.4 is 10.6 Å². The van der Waals surface area contributed by atoms with Gasteiger partial charge in [0.2, 0.25) is 5.91 Å². The monoisotopic (exact) mass is 318 g/mol. The first-order chi connectivity index (χ1) is 10.6. The van der Waals surface area contributed by atoms with E-state index in [1.165, 1.54) is 11.8 Å². The van der Waals surface area contributed by atoms with Crippen LogP contribution in [0.2, 0.25) is 0 Å². The second-order valence-electron chi connectivity index (χ2n) is 4.70. The van der Waals surface area contributed by atoms with Gasteiger partial charge in [-0.1, -0.05) is 30.8 Å². The number of urea groups is 1. The summed E-state index contributed by atoms with van der Waals surface area (Å²) in [6.45, 7) is 4.34. The number of benzene rings is 1. The molecule has 22 heavy (non-hydrogen) atoms. The number of amides is 3. The molecule has 0 bridgehead atoms. The highest BCUT2D eigenvalue weighted by Crippen LogP contribution is 2.21. The number of aryl methyl sites for hydroxylation is 1. The number of hydrogen-bond acceptors (Lipinski definition) is 5. The Kier molecular flexibility index (Phi) is 5.71. The number of fused-ring (bicyclic) bond motifs is 1. The fourth-order valence-corrected chi connectivity index (χ4v) is 2.55. The van der Waals surface area contributed by atoms with Crippen LogP contribution in [-0.2, 0) is 4.79 Å². The van der Waals surface area contributed by atoms with Gasteiger partial charge in [-0.25, -0.2) is 14.8 Å². The van der Waals surface area contributed by atoms with E-state index in [0.29, 0.717) is 11.6 Å². The van der Waals surface area contributed by atoms with Crippen LogP contribution in [0.1, 0.15) is 19.0 Å². The summed E-state index contributed by atoms with van der Waals surface area (Å²) in [6.07, 6.45) is 0.822. The van der Waals surface area contributed by atoms with Gasteiger partial charge >= 0.3 is 6.03 Å². The van der Waals surface area contributed by atoms with Crippen molar-refractivity contribution >= 4 is 34.7 Å². The first-order valence-corrected chi connectivity index (χ1v) is 8.02. The number of hydrogen-bond donors (Lipinski definition) is 2. The van der Waals surface area contributed by atoms with Gasteiger partial charge in [0.25, 0.3) is 0 Å². The topological polar surface area (TPSA) is 84.0 Å². The largest absolute Gasteiger partial charge is 0.338 e. The molecule has 7 heteroatoms. The van der Waals surface area contributed by atoms with Gasteiger partial charge in [0, 0.05) is 6.54 Å². The molecule has 0 saturated carbocycles. The van der Waals surface area contributed by atoms with Crippen molar-refractivity contribution in [1.29, 1.82) is 0 Å². The van der Waals surface area contributed by atoms with Gasteiger partial charge in [0.15, 0.2) is 0 Å². The first-order valence-electron chi connectivity index (χ1n) is 7.04. The summed E-state index contributed by atoms with van der Waals surface area (Å²) in [5.41, 5.74) is 2.39. The van der Waals surface area contributed by atoms with Crippen LogP contribution in [0, 0.1) is 6.92 Å². The van der Waals surface area contributed by atoms with Crippen molar-refractivity contribution in [2.75, 3.05) is 12.3 Å². The third kappa shape index (κ3) is 4.42. The number of rotatable bonds is 5. The minimum atomic E-state index is -0.464. The predicted octanol–water partition coefficient (Wildman–Crippen LogP) is 2.27. The van der Waals surface area contributed by atoms with Crippen molar-refractivity contribution in [2.24, 2.45) is 0 Å². The maximum Gasteiger partial charge on any atom is 0.321 e. The summed E-state index contributed by atoms with van der Waals surface area (Å²) in [5.74, 6) is -0.235. The van der Waals surface area contributed by atoms with Crippen molar-refractivity contribution in [2.45, 2.75) is 25.3 Å². The molecule has 0 saturated heterocycles. The van der Waals surface area contributed by atoms with Crippen molar-refractivity contribution in [3.63, 3.8) is 0 Å². The maximum absolute atomic E-state index is 11.7. The molecule has 2 N–H and O–H groups in total. The lowest BCUT2D eigenvalue weighted by molar-refractivity contribution is -0.117. The summed E-state index contributed by atoms with van der Waals surface area (Å²) in [5, 5.41) is 5.57. The van der Waals surface area contributed by atoms with Gasteiger partial charge in [0.1, 0.15) is 5.03 Å². The summed E-state index contributed by atoms with van der Waals surface area (Å²) in [7, 11) is 0. The Hall–Kier alpha value is -2.15. The number of imide groups is 1.